The Balaban J connectivity index is 2.64. The predicted molar refractivity (Wildman–Crippen MR) is 61.9 cm³/mol. The number of rotatable bonds is 2. The molecule has 2 rings (SSSR count). The van der Waals surface area contributed by atoms with E-state index in [1.807, 2.05) is 13.1 Å². The second-order valence-corrected chi connectivity index (χ2v) is 4.00. The van der Waals surface area contributed by atoms with Crippen molar-refractivity contribution in [1.29, 1.82) is 0 Å². The molecule has 0 atom stereocenters. The summed E-state index contributed by atoms with van der Waals surface area (Å²) in [5, 5.41) is 1.13. The van der Waals surface area contributed by atoms with Crippen LogP contribution in [0.1, 0.15) is 12.5 Å². The van der Waals surface area contributed by atoms with Gasteiger partial charge in [0.25, 0.3) is 0 Å². The van der Waals surface area contributed by atoms with Crippen LogP contribution in [-0.2, 0) is 0 Å². The Morgan fingerprint density at radius 1 is 1.43 bits per heavy atom. The van der Waals surface area contributed by atoms with Crippen LogP contribution in [0.2, 0.25) is 0 Å². The Labute approximate surface area is 91.4 Å². The van der Waals surface area contributed by atoms with Gasteiger partial charge in [0, 0.05) is 16.1 Å². The van der Waals surface area contributed by atoms with Gasteiger partial charge in [0.15, 0.2) is 0 Å². The summed E-state index contributed by atoms with van der Waals surface area (Å²) in [6.07, 6.45) is 1.90. The highest BCUT2D eigenvalue weighted by atomic mass is 79.9. The van der Waals surface area contributed by atoms with Gasteiger partial charge in [0.2, 0.25) is 0 Å². The average Bonchev–Trinajstić information content (AvgIpc) is 2.57. The van der Waals surface area contributed by atoms with Crippen LogP contribution < -0.4 is 4.74 Å². The van der Waals surface area contributed by atoms with Gasteiger partial charge in [-0.25, -0.2) is 0 Å². The van der Waals surface area contributed by atoms with E-state index in [-0.39, 0.29) is 0 Å². The summed E-state index contributed by atoms with van der Waals surface area (Å²) >= 11 is 3.56. The van der Waals surface area contributed by atoms with Gasteiger partial charge in [0.05, 0.1) is 12.1 Å². The summed E-state index contributed by atoms with van der Waals surface area (Å²) in [6.45, 7) is 4.76. The van der Waals surface area contributed by atoms with Crippen molar-refractivity contribution in [2.24, 2.45) is 0 Å². The van der Waals surface area contributed by atoms with E-state index in [9.17, 15) is 0 Å². The van der Waals surface area contributed by atoms with Crippen LogP contribution in [0.4, 0.5) is 0 Å². The molecule has 0 saturated heterocycles. The summed E-state index contributed by atoms with van der Waals surface area (Å²) in [4.78, 5) is 3.21. The van der Waals surface area contributed by atoms with Crippen molar-refractivity contribution >= 4 is 26.8 Å². The van der Waals surface area contributed by atoms with Gasteiger partial charge in [0.1, 0.15) is 5.75 Å². The Kier molecular flexibility index (Phi) is 2.50. The molecular formula is C11H12BrNO. The van der Waals surface area contributed by atoms with Gasteiger partial charge < -0.3 is 9.72 Å². The molecule has 0 unspecified atom stereocenters. The van der Waals surface area contributed by atoms with Crippen LogP contribution in [0.3, 0.4) is 0 Å². The Hall–Kier alpha value is -0.960. The fourth-order valence-corrected chi connectivity index (χ4v) is 1.98. The Bertz CT molecular complexity index is 462. The first-order chi connectivity index (χ1) is 6.74. The molecule has 0 aliphatic carbocycles. The molecule has 0 aliphatic rings. The highest BCUT2D eigenvalue weighted by Gasteiger charge is 2.08. The summed E-state index contributed by atoms with van der Waals surface area (Å²) in [7, 11) is 0. The minimum atomic E-state index is 0.693. The molecule has 74 valence electrons. The normalized spacial score (nSPS) is 10.8. The summed E-state index contributed by atoms with van der Waals surface area (Å²) < 4.78 is 6.61. The quantitative estimate of drug-likeness (QED) is 0.869. The SMILES string of the molecule is CCOc1c[nH]c2c(Br)c(C)ccc12. The molecule has 1 N–H and O–H groups in total. The van der Waals surface area contributed by atoms with E-state index in [1.165, 1.54) is 5.56 Å². The topological polar surface area (TPSA) is 25.0 Å². The number of ether oxygens (including phenoxy) is 1. The number of halogens is 1. The largest absolute Gasteiger partial charge is 0.492 e. The van der Waals surface area contributed by atoms with E-state index < -0.39 is 0 Å². The molecular weight excluding hydrogens is 242 g/mol. The van der Waals surface area contributed by atoms with Crippen LogP contribution in [0, 0.1) is 6.92 Å². The molecule has 1 aromatic heterocycles. The molecule has 0 amide bonds. The molecule has 2 nitrogen and oxygen atoms in total. The molecule has 0 aliphatic heterocycles. The molecule has 2 aromatic rings. The van der Waals surface area contributed by atoms with Crippen molar-refractivity contribution in [3.05, 3.63) is 28.4 Å². The lowest BCUT2D eigenvalue weighted by molar-refractivity contribution is 0.344. The van der Waals surface area contributed by atoms with Gasteiger partial charge >= 0.3 is 0 Å². The maximum absolute atomic E-state index is 5.50. The lowest BCUT2D eigenvalue weighted by atomic mass is 10.2. The zero-order valence-electron chi connectivity index (χ0n) is 8.23. The number of aromatic nitrogens is 1. The van der Waals surface area contributed by atoms with Gasteiger partial charge in [-0.15, -0.1) is 0 Å². The van der Waals surface area contributed by atoms with E-state index >= 15 is 0 Å². The van der Waals surface area contributed by atoms with Crippen LogP contribution in [0.25, 0.3) is 10.9 Å². The van der Waals surface area contributed by atoms with Crippen LogP contribution in [0.5, 0.6) is 5.75 Å². The Morgan fingerprint density at radius 3 is 2.93 bits per heavy atom. The number of hydrogen-bond acceptors (Lipinski definition) is 1. The van der Waals surface area contributed by atoms with Gasteiger partial charge in [-0.1, -0.05) is 6.07 Å². The minimum Gasteiger partial charge on any atom is -0.492 e. The molecule has 1 heterocycles. The van der Waals surface area contributed by atoms with Gasteiger partial charge in [-0.2, -0.15) is 0 Å². The smallest absolute Gasteiger partial charge is 0.144 e. The van der Waals surface area contributed by atoms with E-state index in [0.717, 1.165) is 21.1 Å². The number of fused-ring (bicyclic) bond motifs is 1. The van der Waals surface area contributed by atoms with Crippen molar-refractivity contribution < 1.29 is 4.74 Å². The maximum atomic E-state index is 5.50. The third-order valence-corrected chi connectivity index (χ3v) is 3.27. The lowest BCUT2D eigenvalue weighted by Gasteiger charge is -2.02. The molecule has 1 aromatic carbocycles. The standard InChI is InChI=1S/C11H12BrNO/c1-3-14-9-6-13-11-8(9)5-4-7(2)10(11)12/h4-6,13H,3H2,1-2H3. The first kappa shape index (κ1) is 9.59. The van der Waals surface area contributed by atoms with E-state index in [2.05, 4.69) is 40.0 Å². The maximum Gasteiger partial charge on any atom is 0.144 e. The van der Waals surface area contributed by atoms with Crippen LogP contribution in [-0.4, -0.2) is 11.6 Å². The van der Waals surface area contributed by atoms with Crippen LogP contribution in [0.15, 0.2) is 22.8 Å². The lowest BCUT2D eigenvalue weighted by Crippen LogP contribution is -1.89. The van der Waals surface area contributed by atoms with E-state index in [1.54, 1.807) is 0 Å². The average molecular weight is 254 g/mol. The highest BCUT2D eigenvalue weighted by molar-refractivity contribution is 9.10. The number of hydrogen-bond donors (Lipinski definition) is 1. The fourth-order valence-electron chi connectivity index (χ4n) is 1.52. The second kappa shape index (κ2) is 3.65. The summed E-state index contributed by atoms with van der Waals surface area (Å²) in [5.74, 6) is 0.920. The van der Waals surface area contributed by atoms with E-state index in [4.69, 9.17) is 4.74 Å². The monoisotopic (exact) mass is 253 g/mol. The van der Waals surface area contributed by atoms with Crippen LogP contribution >= 0.6 is 15.9 Å². The Morgan fingerprint density at radius 2 is 2.21 bits per heavy atom. The first-order valence-electron chi connectivity index (χ1n) is 4.63. The molecule has 3 heteroatoms. The zero-order valence-corrected chi connectivity index (χ0v) is 9.81. The molecule has 0 radical (unpaired) electrons. The summed E-state index contributed by atoms with van der Waals surface area (Å²) in [5.41, 5.74) is 2.33. The van der Waals surface area contributed by atoms with Crippen molar-refractivity contribution in [3.63, 3.8) is 0 Å². The molecule has 14 heavy (non-hydrogen) atoms. The summed E-state index contributed by atoms with van der Waals surface area (Å²) in [6, 6.07) is 4.17. The first-order valence-corrected chi connectivity index (χ1v) is 5.42. The molecule has 0 spiro atoms. The predicted octanol–water partition coefficient (Wildman–Crippen LogP) is 3.64. The number of H-pyrrole nitrogens is 1. The highest BCUT2D eigenvalue weighted by Crippen LogP contribution is 2.32. The molecule has 0 fully saturated rings. The molecule has 0 bridgehead atoms. The van der Waals surface area contributed by atoms with Crippen molar-refractivity contribution in [2.45, 2.75) is 13.8 Å². The van der Waals surface area contributed by atoms with Crippen molar-refractivity contribution in [3.8, 4) is 5.75 Å². The second-order valence-electron chi connectivity index (χ2n) is 3.20. The van der Waals surface area contributed by atoms with Gasteiger partial charge in [-0.3, -0.25) is 0 Å². The zero-order chi connectivity index (χ0) is 10.1. The minimum absolute atomic E-state index is 0.693. The van der Waals surface area contributed by atoms with Gasteiger partial charge in [-0.05, 0) is 41.4 Å². The van der Waals surface area contributed by atoms with E-state index in [0.29, 0.717) is 6.61 Å². The number of nitrogens with one attached hydrogen (secondary N) is 1. The number of aryl methyl sites for hydroxylation is 1. The van der Waals surface area contributed by atoms with Crippen molar-refractivity contribution in [2.75, 3.05) is 6.61 Å². The molecule has 0 saturated carbocycles. The number of aromatic amines is 1. The van der Waals surface area contributed by atoms with Crippen molar-refractivity contribution in [1.82, 2.24) is 4.98 Å². The fraction of sp³-hybridized carbons (Fsp3) is 0.273. The third kappa shape index (κ3) is 1.42. The third-order valence-electron chi connectivity index (χ3n) is 2.25. The number of benzene rings is 1.